The third kappa shape index (κ3) is 5.77. The minimum absolute atomic E-state index is 0.605. The van der Waals surface area contributed by atoms with Crippen molar-refractivity contribution >= 4 is 0 Å². The maximum absolute atomic E-state index is 9.34. The van der Waals surface area contributed by atoms with Gasteiger partial charge in [-0.05, 0) is 63.7 Å². The first-order valence-electron chi connectivity index (χ1n) is 14.8. The molecule has 1 aromatic heterocycles. The first-order chi connectivity index (χ1) is 22.7. The molecule has 0 aliphatic rings. The largest absolute Gasteiger partial charge is 0.208 e. The standard InChI is InChI=1S/C41H25N5/c42-26-28-11-15-31(16-12-28)37-24-23-36(25-38(37)32-17-13-29(27-43)14-18-32)30-19-21-35(22-20-30)41-45-39(33-7-3-1-4-8-33)44-40(46-41)34-9-5-2-6-10-34/h1-25H. The van der Waals surface area contributed by atoms with Crippen LogP contribution in [0.15, 0.2) is 152 Å². The summed E-state index contributed by atoms with van der Waals surface area (Å²) in [5.41, 5.74) is 10.2. The van der Waals surface area contributed by atoms with E-state index in [4.69, 9.17) is 15.0 Å². The lowest BCUT2D eigenvalue weighted by Gasteiger charge is -2.14. The lowest BCUT2D eigenvalue weighted by Crippen LogP contribution is -2.00. The van der Waals surface area contributed by atoms with Crippen molar-refractivity contribution in [1.82, 2.24) is 15.0 Å². The summed E-state index contributed by atoms with van der Waals surface area (Å²) in [7, 11) is 0. The zero-order valence-corrected chi connectivity index (χ0v) is 24.7. The number of hydrogen-bond acceptors (Lipinski definition) is 5. The van der Waals surface area contributed by atoms with Gasteiger partial charge >= 0.3 is 0 Å². The van der Waals surface area contributed by atoms with Crippen molar-refractivity contribution in [3.63, 3.8) is 0 Å². The minimum Gasteiger partial charge on any atom is -0.208 e. The number of hydrogen-bond donors (Lipinski definition) is 0. The summed E-state index contributed by atoms with van der Waals surface area (Å²) in [4.78, 5) is 14.5. The van der Waals surface area contributed by atoms with Crippen LogP contribution in [0, 0.1) is 22.7 Å². The van der Waals surface area contributed by atoms with Gasteiger partial charge in [0.15, 0.2) is 17.5 Å². The normalized spacial score (nSPS) is 10.6. The quantitative estimate of drug-likeness (QED) is 0.193. The van der Waals surface area contributed by atoms with E-state index in [0.29, 0.717) is 28.6 Å². The average Bonchev–Trinajstić information content (AvgIpc) is 3.15. The van der Waals surface area contributed by atoms with Crippen LogP contribution in [0.3, 0.4) is 0 Å². The fraction of sp³-hybridized carbons (Fsp3) is 0. The van der Waals surface area contributed by atoms with Crippen molar-refractivity contribution in [3.05, 3.63) is 163 Å². The summed E-state index contributed by atoms with van der Waals surface area (Å²) in [6.07, 6.45) is 0. The molecule has 0 atom stereocenters. The number of nitriles is 2. The molecule has 0 saturated carbocycles. The Balaban J connectivity index is 1.29. The highest BCUT2D eigenvalue weighted by molar-refractivity contribution is 5.87. The van der Waals surface area contributed by atoms with Gasteiger partial charge in [0.05, 0.1) is 23.3 Å². The molecule has 0 unspecified atom stereocenters. The molecule has 1 heterocycles. The van der Waals surface area contributed by atoms with Crippen LogP contribution in [0.5, 0.6) is 0 Å². The van der Waals surface area contributed by atoms with E-state index >= 15 is 0 Å². The van der Waals surface area contributed by atoms with Crippen LogP contribution in [-0.4, -0.2) is 15.0 Å². The number of aromatic nitrogens is 3. The molecule has 0 fully saturated rings. The molecule has 5 nitrogen and oxygen atoms in total. The minimum atomic E-state index is 0.605. The Bertz CT molecular complexity index is 2170. The van der Waals surface area contributed by atoms with E-state index in [1.807, 2.05) is 121 Å². The van der Waals surface area contributed by atoms with Gasteiger partial charge in [-0.15, -0.1) is 0 Å². The molecule has 0 amide bonds. The van der Waals surface area contributed by atoms with E-state index in [2.05, 4.69) is 42.5 Å². The topological polar surface area (TPSA) is 86.2 Å². The highest BCUT2D eigenvalue weighted by atomic mass is 15.0. The van der Waals surface area contributed by atoms with E-state index in [0.717, 1.165) is 50.1 Å². The van der Waals surface area contributed by atoms with Crippen LogP contribution >= 0.6 is 0 Å². The molecule has 0 bridgehead atoms. The molecule has 7 rings (SSSR count). The summed E-state index contributed by atoms with van der Waals surface area (Å²) < 4.78 is 0. The van der Waals surface area contributed by atoms with Crippen LogP contribution in [-0.2, 0) is 0 Å². The molecule has 6 aromatic carbocycles. The molecular formula is C41H25N5. The smallest absolute Gasteiger partial charge is 0.164 e. The zero-order chi connectivity index (χ0) is 31.3. The van der Waals surface area contributed by atoms with Crippen molar-refractivity contribution in [3.8, 4) is 79.7 Å². The monoisotopic (exact) mass is 587 g/mol. The lowest BCUT2D eigenvalue weighted by atomic mass is 9.90. The Kier molecular flexibility index (Phi) is 7.64. The highest BCUT2D eigenvalue weighted by Crippen LogP contribution is 2.36. The van der Waals surface area contributed by atoms with Crippen molar-refractivity contribution in [1.29, 1.82) is 10.5 Å². The Morgan fingerprint density at radius 1 is 0.326 bits per heavy atom. The lowest BCUT2D eigenvalue weighted by molar-refractivity contribution is 1.07. The number of nitrogens with zero attached hydrogens (tertiary/aromatic N) is 5. The molecule has 7 aromatic rings. The second-order valence-corrected chi connectivity index (χ2v) is 10.8. The summed E-state index contributed by atoms with van der Waals surface area (Å²) in [6.45, 7) is 0. The van der Waals surface area contributed by atoms with Gasteiger partial charge < -0.3 is 0 Å². The van der Waals surface area contributed by atoms with Crippen molar-refractivity contribution in [2.24, 2.45) is 0 Å². The molecular weight excluding hydrogens is 562 g/mol. The van der Waals surface area contributed by atoms with E-state index < -0.39 is 0 Å². The van der Waals surface area contributed by atoms with Crippen LogP contribution < -0.4 is 0 Å². The molecule has 0 spiro atoms. The molecule has 214 valence electrons. The van der Waals surface area contributed by atoms with E-state index in [1.165, 1.54) is 0 Å². The second-order valence-electron chi connectivity index (χ2n) is 10.8. The fourth-order valence-corrected chi connectivity index (χ4v) is 5.41. The highest BCUT2D eigenvalue weighted by Gasteiger charge is 2.14. The second kappa shape index (κ2) is 12.5. The molecule has 0 aliphatic heterocycles. The molecule has 46 heavy (non-hydrogen) atoms. The van der Waals surface area contributed by atoms with Gasteiger partial charge in [0.2, 0.25) is 0 Å². The molecule has 0 aliphatic carbocycles. The summed E-state index contributed by atoms with van der Waals surface area (Å²) in [6, 6.07) is 54.2. The van der Waals surface area contributed by atoms with E-state index in [9.17, 15) is 10.5 Å². The number of rotatable bonds is 6. The Labute approximate surface area is 267 Å². The zero-order valence-electron chi connectivity index (χ0n) is 24.7. The summed E-state index contributed by atoms with van der Waals surface area (Å²) >= 11 is 0. The third-order valence-electron chi connectivity index (χ3n) is 7.85. The fourth-order valence-electron chi connectivity index (χ4n) is 5.41. The summed E-state index contributed by atoms with van der Waals surface area (Å²) in [5.74, 6) is 1.85. The SMILES string of the molecule is N#Cc1ccc(-c2ccc(-c3ccc(-c4nc(-c5ccccc5)nc(-c5ccccc5)n4)cc3)cc2-c2ccc(C#N)cc2)cc1. The van der Waals surface area contributed by atoms with Gasteiger partial charge in [-0.1, -0.05) is 121 Å². The Morgan fingerprint density at radius 3 is 1.15 bits per heavy atom. The molecule has 0 N–H and O–H groups in total. The first-order valence-corrected chi connectivity index (χ1v) is 14.8. The maximum atomic E-state index is 9.34. The van der Waals surface area contributed by atoms with Gasteiger partial charge in [0.25, 0.3) is 0 Å². The third-order valence-corrected chi connectivity index (χ3v) is 7.85. The van der Waals surface area contributed by atoms with Crippen molar-refractivity contribution in [2.75, 3.05) is 0 Å². The van der Waals surface area contributed by atoms with E-state index in [-0.39, 0.29) is 0 Å². The molecule has 0 saturated heterocycles. The summed E-state index contributed by atoms with van der Waals surface area (Å²) in [5, 5.41) is 18.6. The van der Waals surface area contributed by atoms with Crippen LogP contribution in [0.2, 0.25) is 0 Å². The number of benzene rings is 6. The first kappa shape index (κ1) is 28.1. The van der Waals surface area contributed by atoms with Crippen LogP contribution in [0.25, 0.3) is 67.5 Å². The van der Waals surface area contributed by atoms with Crippen molar-refractivity contribution < 1.29 is 0 Å². The average molecular weight is 588 g/mol. The predicted molar refractivity (Wildman–Crippen MR) is 182 cm³/mol. The van der Waals surface area contributed by atoms with Gasteiger partial charge in [0, 0.05) is 16.7 Å². The molecule has 5 heteroatoms. The van der Waals surface area contributed by atoms with Crippen LogP contribution in [0.1, 0.15) is 11.1 Å². The Morgan fingerprint density at radius 2 is 0.696 bits per heavy atom. The predicted octanol–water partition coefficient (Wildman–Crippen LogP) is 9.62. The Hall–Kier alpha value is -6.69. The van der Waals surface area contributed by atoms with Gasteiger partial charge in [0.1, 0.15) is 0 Å². The van der Waals surface area contributed by atoms with Crippen LogP contribution in [0.4, 0.5) is 0 Å². The maximum Gasteiger partial charge on any atom is 0.164 e. The van der Waals surface area contributed by atoms with Gasteiger partial charge in [-0.3, -0.25) is 0 Å². The van der Waals surface area contributed by atoms with Gasteiger partial charge in [-0.25, -0.2) is 15.0 Å². The van der Waals surface area contributed by atoms with Gasteiger partial charge in [-0.2, -0.15) is 10.5 Å². The van der Waals surface area contributed by atoms with E-state index in [1.54, 1.807) is 0 Å². The van der Waals surface area contributed by atoms with Crippen molar-refractivity contribution in [2.45, 2.75) is 0 Å². The molecule has 0 radical (unpaired) electrons.